The van der Waals surface area contributed by atoms with Crippen molar-refractivity contribution in [2.24, 2.45) is 5.92 Å². The van der Waals surface area contributed by atoms with Gasteiger partial charge in [-0.3, -0.25) is 9.69 Å². The largest absolute Gasteiger partial charge is 0.469 e. The number of aromatic nitrogens is 2. The number of benzene rings is 2. The van der Waals surface area contributed by atoms with E-state index < -0.39 is 0 Å². The summed E-state index contributed by atoms with van der Waals surface area (Å²) in [6, 6.07) is 17.0. The molecule has 0 bridgehead atoms. The standard InChI is InChI=1S/C26H24ClN3O4S/c1-3-16-12-20(15-30-13-18(14-30)26(31)32-2)35-23(16)24-28-25(34-29-24)17-8-10-19(11-9-17)33-22-7-5-4-6-21(22)27/h4-12,18H,3,13-15H2,1-2H3. The number of esters is 1. The zero-order valence-corrected chi connectivity index (χ0v) is 20.9. The maximum Gasteiger partial charge on any atom is 0.311 e. The molecule has 4 aromatic rings. The lowest BCUT2D eigenvalue weighted by Gasteiger charge is -2.36. The first kappa shape index (κ1) is 23.5. The van der Waals surface area contributed by atoms with Crippen molar-refractivity contribution in [2.45, 2.75) is 19.9 Å². The molecule has 0 aliphatic carbocycles. The number of rotatable bonds is 8. The maximum atomic E-state index is 11.6. The molecule has 1 saturated heterocycles. The van der Waals surface area contributed by atoms with Gasteiger partial charge in [0.1, 0.15) is 11.5 Å². The van der Waals surface area contributed by atoms with Gasteiger partial charge in [-0.1, -0.05) is 35.8 Å². The molecular weight excluding hydrogens is 486 g/mol. The number of methoxy groups -OCH3 is 1. The minimum absolute atomic E-state index is 0.0219. The summed E-state index contributed by atoms with van der Waals surface area (Å²) in [4.78, 5) is 20.8. The van der Waals surface area contributed by atoms with Crippen LogP contribution in [0.4, 0.5) is 0 Å². The quantitative estimate of drug-likeness (QED) is 0.266. The number of hydrogen-bond donors (Lipinski definition) is 0. The van der Waals surface area contributed by atoms with E-state index in [-0.39, 0.29) is 11.9 Å². The predicted octanol–water partition coefficient (Wildman–Crippen LogP) is 6.08. The highest BCUT2D eigenvalue weighted by molar-refractivity contribution is 7.15. The molecule has 1 fully saturated rings. The fourth-order valence-corrected chi connectivity index (χ4v) is 5.40. The predicted molar refractivity (Wildman–Crippen MR) is 135 cm³/mol. The number of halogens is 1. The number of nitrogens with zero attached hydrogens (tertiary/aromatic N) is 3. The number of ether oxygens (including phenoxy) is 2. The van der Waals surface area contributed by atoms with Gasteiger partial charge in [-0.05, 0) is 54.4 Å². The Labute approximate surface area is 212 Å². The Hall–Kier alpha value is -3.20. The fourth-order valence-electron chi connectivity index (χ4n) is 4.00. The molecule has 0 spiro atoms. The first-order valence-electron chi connectivity index (χ1n) is 11.3. The summed E-state index contributed by atoms with van der Waals surface area (Å²) in [5, 5.41) is 4.80. The van der Waals surface area contributed by atoms with Crippen molar-refractivity contribution in [3.05, 3.63) is 70.1 Å². The average molecular weight is 510 g/mol. The van der Waals surface area contributed by atoms with Crippen LogP contribution in [-0.2, 0) is 22.5 Å². The van der Waals surface area contributed by atoms with Crippen molar-refractivity contribution in [1.82, 2.24) is 15.0 Å². The van der Waals surface area contributed by atoms with Gasteiger partial charge in [0.25, 0.3) is 5.89 Å². The minimum Gasteiger partial charge on any atom is -0.469 e. The van der Waals surface area contributed by atoms with Crippen molar-refractivity contribution in [2.75, 3.05) is 20.2 Å². The second-order valence-electron chi connectivity index (χ2n) is 8.31. The molecule has 0 atom stereocenters. The number of carbonyl (C=O) groups is 1. The van der Waals surface area contributed by atoms with Crippen LogP contribution >= 0.6 is 22.9 Å². The molecular formula is C26H24ClN3O4S. The van der Waals surface area contributed by atoms with Crippen LogP contribution in [0, 0.1) is 5.92 Å². The van der Waals surface area contributed by atoms with Crippen LogP contribution in [0.1, 0.15) is 17.4 Å². The summed E-state index contributed by atoms with van der Waals surface area (Å²) in [5.74, 6) is 2.14. The molecule has 180 valence electrons. The van der Waals surface area contributed by atoms with Gasteiger partial charge in [0.05, 0.1) is 22.9 Å². The highest BCUT2D eigenvalue weighted by Crippen LogP contribution is 2.35. The molecule has 9 heteroatoms. The average Bonchev–Trinajstić information content (AvgIpc) is 3.50. The number of thiophene rings is 1. The van der Waals surface area contributed by atoms with Gasteiger partial charge in [-0.15, -0.1) is 11.3 Å². The third-order valence-corrected chi connectivity index (χ3v) is 7.38. The second kappa shape index (κ2) is 10.2. The minimum atomic E-state index is -0.134. The van der Waals surface area contributed by atoms with Crippen LogP contribution in [0.3, 0.4) is 0 Å². The van der Waals surface area contributed by atoms with E-state index in [1.54, 1.807) is 17.4 Å². The molecule has 0 radical (unpaired) electrons. The molecule has 1 aliphatic heterocycles. The number of para-hydroxylation sites is 1. The van der Waals surface area contributed by atoms with E-state index in [0.717, 1.165) is 36.5 Å². The number of likely N-dealkylation sites (tertiary alicyclic amines) is 1. The first-order valence-corrected chi connectivity index (χ1v) is 12.5. The first-order chi connectivity index (χ1) is 17.0. The van der Waals surface area contributed by atoms with Crippen LogP contribution in [0.15, 0.2) is 59.1 Å². The van der Waals surface area contributed by atoms with E-state index in [9.17, 15) is 4.79 Å². The van der Waals surface area contributed by atoms with Gasteiger partial charge in [0, 0.05) is 30.1 Å². The van der Waals surface area contributed by atoms with Gasteiger partial charge in [-0.2, -0.15) is 4.98 Å². The summed E-state index contributed by atoms with van der Waals surface area (Å²) in [7, 11) is 1.44. The number of hydrogen-bond acceptors (Lipinski definition) is 8. The summed E-state index contributed by atoms with van der Waals surface area (Å²) in [6.07, 6.45) is 0.870. The summed E-state index contributed by atoms with van der Waals surface area (Å²) >= 11 is 7.84. The molecule has 1 aliphatic rings. The molecule has 5 rings (SSSR count). The van der Waals surface area contributed by atoms with Crippen molar-refractivity contribution in [3.8, 4) is 33.7 Å². The van der Waals surface area contributed by atoms with E-state index in [2.05, 4.69) is 28.0 Å². The molecule has 0 saturated carbocycles. The monoisotopic (exact) mass is 509 g/mol. The third kappa shape index (κ3) is 5.10. The van der Waals surface area contributed by atoms with Crippen molar-refractivity contribution < 1.29 is 18.8 Å². The Kier molecular flexibility index (Phi) is 6.86. The number of aryl methyl sites for hydroxylation is 1. The van der Waals surface area contributed by atoms with Crippen molar-refractivity contribution in [3.63, 3.8) is 0 Å². The normalized spacial score (nSPS) is 14.0. The zero-order chi connectivity index (χ0) is 24.4. The number of carbonyl (C=O) groups excluding carboxylic acids is 1. The van der Waals surface area contributed by atoms with Crippen LogP contribution in [-0.4, -0.2) is 41.2 Å². The van der Waals surface area contributed by atoms with Crippen molar-refractivity contribution >= 4 is 28.9 Å². The van der Waals surface area contributed by atoms with Crippen LogP contribution in [0.25, 0.3) is 22.2 Å². The summed E-state index contributed by atoms with van der Waals surface area (Å²) in [5.41, 5.74) is 1.99. The second-order valence-corrected chi connectivity index (χ2v) is 9.86. The molecule has 35 heavy (non-hydrogen) atoms. The van der Waals surface area contributed by atoms with Crippen LogP contribution in [0.5, 0.6) is 11.5 Å². The maximum absolute atomic E-state index is 11.6. The van der Waals surface area contributed by atoms with E-state index in [0.29, 0.717) is 28.2 Å². The van der Waals surface area contributed by atoms with Crippen LogP contribution < -0.4 is 4.74 Å². The Balaban J connectivity index is 1.28. The van der Waals surface area contributed by atoms with E-state index in [1.807, 2.05) is 42.5 Å². The van der Waals surface area contributed by atoms with E-state index >= 15 is 0 Å². The molecule has 2 aromatic heterocycles. The van der Waals surface area contributed by atoms with Gasteiger partial charge < -0.3 is 14.0 Å². The Morgan fingerprint density at radius 2 is 1.97 bits per heavy atom. The van der Waals surface area contributed by atoms with Gasteiger partial charge in [-0.25, -0.2) is 0 Å². The highest BCUT2D eigenvalue weighted by atomic mass is 35.5. The summed E-state index contributed by atoms with van der Waals surface area (Å²) < 4.78 is 16.3. The van der Waals surface area contributed by atoms with E-state index in [4.69, 9.17) is 25.6 Å². The Morgan fingerprint density at radius 1 is 1.20 bits per heavy atom. The van der Waals surface area contributed by atoms with Crippen LogP contribution in [0.2, 0.25) is 5.02 Å². The lowest BCUT2D eigenvalue weighted by molar-refractivity contribution is -0.151. The topological polar surface area (TPSA) is 77.7 Å². The smallest absolute Gasteiger partial charge is 0.311 e. The zero-order valence-electron chi connectivity index (χ0n) is 19.4. The van der Waals surface area contributed by atoms with Gasteiger partial charge in [0.2, 0.25) is 5.82 Å². The Morgan fingerprint density at radius 3 is 2.69 bits per heavy atom. The molecule has 0 amide bonds. The summed E-state index contributed by atoms with van der Waals surface area (Å²) in [6.45, 7) is 4.36. The Bertz CT molecular complexity index is 1330. The van der Waals surface area contributed by atoms with Crippen molar-refractivity contribution in [1.29, 1.82) is 0 Å². The molecule has 0 N–H and O–H groups in total. The molecule has 2 aromatic carbocycles. The highest BCUT2D eigenvalue weighted by Gasteiger charge is 2.33. The van der Waals surface area contributed by atoms with Gasteiger partial charge in [0.15, 0.2) is 0 Å². The lowest BCUT2D eigenvalue weighted by Crippen LogP contribution is -2.49. The lowest BCUT2D eigenvalue weighted by atomic mass is 10.0. The molecule has 7 nitrogen and oxygen atoms in total. The molecule has 0 unspecified atom stereocenters. The van der Waals surface area contributed by atoms with E-state index in [1.165, 1.54) is 17.6 Å². The van der Waals surface area contributed by atoms with Gasteiger partial charge >= 0.3 is 5.97 Å². The SMILES string of the molecule is CCc1cc(CN2CC(C(=O)OC)C2)sc1-c1noc(-c2ccc(Oc3ccccc3Cl)cc2)n1. The molecule has 3 heterocycles. The fraction of sp³-hybridized carbons (Fsp3) is 0.269. The third-order valence-electron chi connectivity index (χ3n) is 5.91.